The van der Waals surface area contributed by atoms with Gasteiger partial charge in [0, 0.05) is 28.9 Å². The highest BCUT2D eigenvalue weighted by molar-refractivity contribution is 7.84. The predicted octanol–water partition coefficient (Wildman–Crippen LogP) is 2.55. The van der Waals surface area contributed by atoms with Crippen molar-refractivity contribution in [1.82, 2.24) is 9.55 Å². The van der Waals surface area contributed by atoms with Gasteiger partial charge in [-0.05, 0) is 19.1 Å². The van der Waals surface area contributed by atoms with Gasteiger partial charge in [-0.25, -0.2) is 4.98 Å². The van der Waals surface area contributed by atoms with E-state index in [1.807, 2.05) is 29.7 Å². The normalized spacial score (nSPS) is 14.5. The number of methoxy groups -OCH3 is 1. The first-order valence-corrected chi connectivity index (χ1v) is 8.14. The number of alkyl halides is 1. The Morgan fingerprint density at radius 2 is 2.26 bits per heavy atom. The zero-order valence-corrected chi connectivity index (χ0v) is 12.8. The number of rotatable bonds is 5. The lowest BCUT2D eigenvalue weighted by Gasteiger charge is -2.12. The summed E-state index contributed by atoms with van der Waals surface area (Å²) in [6.45, 7) is 2.59. The van der Waals surface area contributed by atoms with Gasteiger partial charge in [-0.15, -0.1) is 11.6 Å². The third kappa shape index (κ3) is 2.77. The Hall–Kier alpha value is -1.07. The third-order valence-electron chi connectivity index (χ3n) is 3.17. The molecule has 1 heterocycles. The lowest BCUT2D eigenvalue weighted by atomic mass is 10.3. The van der Waals surface area contributed by atoms with Crippen molar-refractivity contribution in [3.05, 3.63) is 24.0 Å². The van der Waals surface area contributed by atoms with Crippen molar-refractivity contribution in [3.8, 4) is 5.75 Å². The van der Waals surface area contributed by atoms with E-state index in [-0.39, 0.29) is 5.25 Å². The first-order chi connectivity index (χ1) is 9.08. The number of aromatic nitrogens is 2. The molecule has 0 N–H and O–H groups in total. The minimum atomic E-state index is -0.878. The maximum Gasteiger partial charge on any atom is 0.146 e. The molecule has 1 aromatic carbocycles. The topological polar surface area (TPSA) is 44.1 Å². The molecule has 0 aliphatic heterocycles. The molecule has 4 nitrogen and oxygen atoms in total. The second kappa shape index (κ2) is 5.92. The molecular formula is C13H17ClN2O2S. The maximum absolute atomic E-state index is 11.5. The van der Waals surface area contributed by atoms with E-state index in [1.54, 1.807) is 13.4 Å². The molecule has 6 heteroatoms. The number of hydrogen-bond donors (Lipinski definition) is 0. The molecule has 0 saturated carbocycles. The molecule has 0 saturated heterocycles. The molecule has 2 aromatic rings. The Balaban J connectivity index is 2.55. The maximum atomic E-state index is 11.5. The van der Waals surface area contributed by atoms with Crippen LogP contribution in [0, 0.1) is 0 Å². The summed E-state index contributed by atoms with van der Waals surface area (Å²) in [6, 6.07) is 5.77. The number of hydrogen-bond acceptors (Lipinski definition) is 3. The van der Waals surface area contributed by atoms with Crippen LogP contribution in [0.15, 0.2) is 18.2 Å². The molecule has 0 fully saturated rings. The fourth-order valence-corrected chi connectivity index (χ4v) is 2.56. The van der Waals surface area contributed by atoms with Gasteiger partial charge in [-0.1, -0.05) is 6.07 Å². The van der Waals surface area contributed by atoms with E-state index in [4.69, 9.17) is 16.3 Å². The summed E-state index contributed by atoms with van der Waals surface area (Å²) in [5, 5.41) is 0.0468. The van der Waals surface area contributed by atoms with Crippen LogP contribution >= 0.6 is 11.6 Å². The van der Waals surface area contributed by atoms with Crippen molar-refractivity contribution in [2.24, 2.45) is 0 Å². The van der Waals surface area contributed by atoms with Crippen LogP contribution in [0.4, 0.5) is 0 Å². The Labute approximate surface area is 120 Å². The number of halogens is 1. The predicted molar refractivity (Wildman–Crippen MR) is 79.4 cm³/mol. The van der Waals surface area contributed by atoms with E-state index in [0.29, 0.717) is 12.4 Å². The van der Waals surface area contributed by atoms with Gasteiger partial charge in [-0.3, -0.25) is 4.21 Å². The molecule has 2 rings (SSSR count). The van der Waals surface area contributed by atoms with E-state index >= 15 is 0 Å². The minimum absolute atomic E-state index is 0.0468. The molecule has 104 valence electrons. The minimum Gasteiger partial charge on any atom is -0.494 e. The van der Waals surface area contributed by atoms with Crippen LogP contribution in [0.1, 0.15) is 12.7 Å². The Morgan fingerprint density at radius 1 is 1.53 bits per heavy atom. The highest BCUT2D eigenvalue weighted by Crippen LogP contribution is 2.26. The van der Waals surface area contributed by atoms with Crippen molar-refractivity contribution < 1.29 is 8.95 Å². The smallest absolute Gasteiger partial charge is 0.146 e. The first kappa shape index (κ1) is 14.3. The summed E-state index contributed by atoms with van der Waals surface area (Å²) in [5.74, 6) is 1.83. The molecule has 0 amide bonds. The number of para-hydroxylation sites is 1. The zero-order chi connectivity index (χ0) is 14.0. The number of fused-ring (bicyclic) bond motifs is 1. The summed E-state index contributed by atoms with van der Waals surface area (Å²) in [5.41, 5.74) is 1.77. The summed E-state index contributed by atoms with van der Waals surface area (Å²) in [7, 11) is 0.745. The van der Waals surface area contributed by atoms with Crippen molar-refractivity contribution in [2.45, 2.75) is 24.6 Å². The SMILES string of the molecule is COc1cccc2c1nc(CCl)n2CC(C)S(C)=O. The van der Waals surface area contributed by atoms with Crippen LogP contribution < -0.4 is 4.74 Å². The fourth-order valence-electron chi connectivity index (χ4n) is 2.00. The van der Waals surface area contributed by atoms with Crippen LogP contribution in [0.3, 0.4) is 0 Å². The van der Waals surface area contributed by atoms with Gasteiger partial charge in [0.05, 0.1) is 18.5 Å². The number of ether oxygens (including phenoxy) is 1. The second-order valence-electron chi connectivity index (χ2n) is 4.41. The van der Waals surface area contributed by atoms with Gasteiger partial charge < -0.3 is 9.30 Å². The van der Waals surface area contributed by atoms with Gasteiger partial charge >= 0.3 is 0 Å². The summed E-state index contributed by atoms with van der Waals surface area (Å²) < 4.78 is 18.9. The molecule has 0 aliphatic rings. The van der Waals surface area contributed by atoms with Crippen LogP contribution in [-0.2, 0) is 23.2 Å². The van der Waals surface area contributed by atoms with E-state index in [0.717, 1.165) is 22.6 Å². The van der Waals surface area contributed by atoms with Crippen molar-refractivity contribution in [2.75, 3.05) is 13.4 Å². The van der Waals surface area contributed by atoms with E-state index < -0.39 is 10.8 Å². The van der Waals surface area contributed by atoms with Crippen LogP contribution in [0.5, 0.6) is 5.75 Å². The van der Waals surface area contributed by atoms with Crippen LogP contribution in [0.2, 0.25) is 0 Å². The summed E-state index contributed by atoms with van der Waals surface area (Å²) in [6.07, 6.45) is 1.71. The van der Waals surface area contributed by atoms with Crippen LogP contribution in [0.25, 0.3) is 11.0 Å². The quantitative estimate of drug-likeness (QED) is 0.797. The largest absolute Gasteiger partial charge is 0.494 e. The van der Waals surface area contributed by atoms with Gasteiger partial charge in [0.2, 0.25) is 0 Å². The lowest BCUT2D eigenvalue weighted by Crippen LogP contribution is -2.18. The van der Waals surface area contributed by atoms with Gasteiger partial charge in [0.1, 0.15) is 17.1 Å². The lowest BCUT2D eigenvalue weighted by molar-refractivity contribution is 0.419. The third-order valence-corrected chi connectivity index (χ3v) is 4.69. The van der Waals surface area contributed by atoms with E-state index in [2.05, 4.69) is 4.98 Å². The average molecular weight is 301 g/mol. The average Bonchev–Trinajstić information content (AvgIpc) is 2.76. The molecule has 2 unspecified atom stereocenters. The number of imidazole rings is 1. The molecule has 2 atom stereocenters. The van der Waals surface area contributed by atoms with Crippen molar-refractivity contribution in [3.63, 3.8) is 0 Å². The van der Waals surface area contributed by atoms with Crippen molar-refractivity contribution >= 4 is 33.4 Å². The van der Waals surface area contributed by atoms with E-state index in [9.17, 15) is 4.21 Å². The monoisotopic (exact) mass is 300 g/mol. The molecular weight excluding hydrogens is 284 g/mol. The van der Waals surface area contributed by atoms with Gasteiger partial charge in [0.15, 0.2) is 0 Å². The summed E-state index contributed by atoms with van der Waals surface area (Å²) >= 11 is 5.96. The standard InChI is InChI=1S/C13H17ClN2O2S/c1-9(19(3)17)8-16-10-5-4-6-11(18-2)13(10)15-12(16)7-14/h4-6,9H,7-8H2,1-3H3. The highest BCUT2D eigenvalue weighted by atomic mass is 35.5. The Bertz CT molecular complexity index is 612. The van der Waals surface area contributed by atoms with Gasteiger partial charge in [0.25, 0.3) is 0 Å². The first-order valence-electron chi connectivity index (χ1n) is 5.98. The van der Waals surface area contributed by atoms with Crippen molar-refractivity contribution in [1.29, 1.82) is 0 Å². The molecule has 0 radical (unpaired) electrons. The number of nitrogens with zero attached hydrogens (tertiary/aromatic N) is 2. The highest BCUT2D eigenvalue weighted by Gasteiger charge is 2.16. The fraction of sp³-hybridized carbons (Fsp3) is 0.462. The number of benzene rings is 1. The molecule has 0 spiro atoms. The van der Waals surface area contributed by atoms with Gasteiger partial charge in [-0.2, -0.15) is 0 Å². The molecule has 1 aromatic heterocycles. The Morgan fingerprint density at radius 3 is 2.84 bits per heavy atom. The molecule has 0 bridgehead atoms. The zero-order valence-electron chi connectivity index (χ0n) is 11.2. The Kier molecular flexibility index (Phi) is 4.47. The molecule has 19 heavy (non-hydrogen) atoms. The molecule has 0 aliphatic carbocycles. The van der Waals surface area contributed by atoms with Crippen LogP contribution in [-0.4, -0.2) is 32.4 Å². The summed E-state index contributed by atoms with van der Waals surface area (Å²) in [4.78, 5) is 4.52. The van der Waals surface area contributed by atoms with E-state index in [1.165, 1.54) is 0 Å². The second-order valence-corrected chi connectivity index (χ2v) is 6.48.